The van der Waals surface area contributed by atoms with Crippen molar-refractivity contribution < 1.29 is 8.78 Å². The number of nitrogens with one attached hydrogen (secondary N) is 1. The number of hydrogen-bond donors (Lipinski definition) is 1. The molecule has 1 fully saturated rings. The Hall–Kier alpha value is -0.960. The summed E-state index contributed by atoms with van der Waals surface area (Å²) in [4.78, 5) is 0. The van der Waals surface area contributed by atoms with E-state index in [9.17, 15) is 8.78 Å². The molecule has 1 aromatic rings. The van der Waals surface area contributed by atoms with Gasteiger partial charge >= 0.3 is 0 Å². The van der Waals surface area contributed by atoms with Crippen LogP contribution in [0, 0.1) is 23.5 Å². The topological polar surface area (TPSA) is 12.0 Å². The van der Waals surface area contributed by atoms with Crippen LogP contribution < -0.4 is 5.32 Å². The van der Waals surface area contributed by atoms with E-state index in [0.29, 0.717) is 5.92 Å². The lowest BCUT2D eigenvalue weighted by atomic mass is 9.75. The largest absolute Gasteiger partial charge is 0.313 e. The Morgan fingerprint density at radius 2 is 1.71 bits per heavy atom. The van der Waals surface area contributed by atoms with Gasteiger partial charge in [0.2, 0.25) is 0 Å². The zero-order valence-electron chi connectivity index (χ0n) is 13.2. The number of rotatable bonds is 6. The molecule has 1 saturated carbocycles. The van der Waals surface area contributed by atoms with Crippen molar-refractivity contribution in [2.24, 2.45) is 11.8 Å². The molecule has 1 aliphatic carbocycles. The molecule has 0 bridgehead atoms. The van der Waals surface area contributed by atoms with E-state index in [-0.39, 0.29) is 6.04 Å². The molecule has 0 aromatic heterocycles. The minimum Gasteiger partial charge on any atom is -0.313 e. The van der Waals surface area contributed by atoms with Crippen LogP contribution in [0.25, 0.3) is 0 Å². The van der Waals surface area contributed by atoms with Crippen LogP contribution in [0.3, 0.4) is 0 Å². The standard InChI is InChI=1S/C18H27F2N/c1-3-4-5-13-6-8-14(9-7-13)18(21-2)15-10-16(19)12-17(20)11-15/h10-14,18,21H,3-9H2,1-2H3. The van der Waals surface area contributed by atoms with Crippen molar-refractivity contribution in [2.45, 2.75) is 57.9 Å². The molecule has 1 atom stereocenters. The van der Waals surface area contributed by atoms with E-state index in [1.165, 1.54) is 44.2 Å². The minimum absolute atomic E-state index is 0.0577. The Balaban J connectivity index is 1.99. The number of halogens is 2. The molecule has 1 unspecified atom stereocenters. The van der Waals surface area contributed by atoms with Crippen LogP contribution >= 0.6 is 0 Å². The van der Waals surface area contributed by atoms with Crippen LogP contribution in [0.2, 0.25) is 0 Å². The van der Waals surface area contributed by atoms with Gasteiger partial charge in [0.15, 0.2) is 0 Å². The summed E-state index contributed by atoms with van der Waals surface area (Å²) < 4.78 is 26.9. The molecule has 0 aliphatic heterocycles. The molecule has 1 N–H and O–H groups in total. The van der Waals surface area contributed by atoms with E-state index in [1.54, 1.807) is 0 Å². The summed E-state index contributed by atoms with van der Waals surface area (Å²) in [7, 11) is 1.89. The highest BCUT2D eigenvalue weighted by Gasteiger charge is 2.28. The van der Waals surface area contributed by atoms with Gasteiger partial charge in [-0.3, -0.25) is 0 Å². The second-order valence-electron chi connectivity index (χ2n) is 6.39. The SMILES string of the molecule is CCCCC1CCC(C(NC)c2cc(F)cc(F)c2)CC1. The Labute approximate surface area is 127 Å². The first-order chi connectivity index (χ1) is 10.1. The van der Waals surface area contributed by atoms with Crippen LogP contribution in [0.1, 0.15) is 63.5 Å². The average molecular weight is 295 g/mol. The van der Waals surface area contributed by atoms with Crippen molar-refractivity contribution >= 4 is 0 Å². The molecule has 0 radical (unpaired) electrons. The van der Waals surface area contributed by atoms with Gasteiger partial charge in [-0.25, -0.2) is 8.78 Å². The molecule has 3 heteroatoms. The first kappa shape index (κ1) is 16.4. The molecule has 0 heterocycles. The summed E-state index contributed by atoms with van der Waals surface area (Å²) in [6.07, 6.45) is 8.72. The molecule has 2 rings (SSSR count). The Kier molecular flexibility index (Phi) is 6.16. The van der Waals surface area contributed by atoms with Gasteiger partial charge in [-0.1, -0.05) is 39.0 Å². The van der Waals surface area contributed by atoms with Crippen molar-refractivity contribution in [3.8, 4) is 0 Å². The number of hydrogen-bond acceptors (Lipinski definition) is 1. The lowest BCUT2D eigenvalue weighted by Gasteiger charge is -2.34. The highest BCUT2D eigenvalue weighted by Crippen LogP contribution is 2.38. The van der Waals surface area contributed by atoms with Gasteiger partial charge in [-0.2, -0.15) is 0 Å². The molecule has 0 saturated heterocycles. The Bertz CT molecular complexity index is 419. The van der Waals surface area contributed by atoms with E-state index >= 15 is 0 Å². The van der Waals surface area contributed by atoms with E-state index in [2.05, 4.69) is 12.2 Å². The van der Waals surface area contributed by atoms with Gasteiger partial charge in [0.25, 0.3) is 0 Å². The van der Waals surface area contributed by atoms with Crippen LogP contribution in [-0.2, 0) is 0 Å². The molecule has 0 amide bonds. The second-order valence-corrected chi connectivity index (χ2v) is 6.39. The van der Waals surface area contributed by atoms with Crippen molar-refractivity contribution in [1.29, 1.82) is 0 Å². The fraction of sp³-hybridized carbons (Fsp3) is 0.667. The summed E-state index contributed by atoms with van der Waals surface area (Å²) in [6, 6.07) is 3.93. The smallest absolute Gasteiger partial charge is 0.126 e. The van der Waals surface area contributed by atoms with Gasteiger partial charge < -0.3 is 5.32 Å². The summed E-state index contributed by atoms with van der Waals surface area (Å²) in [5, 5.41) is 3.27. The first-order valence-electron chi connectivity index (χ1n) is 8.27. The van der Waals surface area contributed by atoms with E-state index in [1.807, 2.05) is 7.05 Å². The van der Waals surface area contributed by atoms with Gasteiger partial charge in [0, 0.05) is 12.1 Å². The summed E-state index contributed by atoms with van der Waals surface area (Å²) >= 11 is 0. The molecule has 1 aliphatic rings. The van der Waals surface area contributed by atoms with Crippen molar-refractivity contribution in [1.82, 2.24) is 5.32 Å². The molecule has 118 valence electrons. The molecular formula is C18H27F2N. The van der Waals surface area contributed by atoms with Gasteiger partial charge in [0.05, 0.1) is 0 Å². The second kappa shape index (κ2) is 7.88. The third kappa shape index (κ3) is 4.50. The average Bonchev–Trinajstić information content (AvgIpc) is 2.46. The zero-order valence-corrected chi connectivity index (χ0v) is 13.2. The van der Waals surface area contributed by atoms with Gasteiger partial charge in [-0.05, 0) is 49.4 Å². The molecule has 21 heavy (non-hydrogen) atoms. The van der Waals surface area contributed by atoms with E-state index < -0.39 is 11.6 Å². The highest BCUT2D eigenvalue weighted by atomic mass is 19.1. The number of unbranched alkanes of at least 4 members (excludes halogenated alkanes) is 1. The lowest BCUT2D eigenvalue weighted by molar-refractivity contribution is 0.217. The third-order valence-corrected chi connectivity index (χ3v) is 4.88. The fourth-order valence-electron chi connectivity index (χ4n) is 3.73. The Morgan fingerprint density at radius 3 is 2.24 bits per heavy atom. The number of benzene rings is 1. The van der Waals surface area contributed by atoms with Crippen LogP contribution in [0.4, 0.5) is 8.78 Å². The molecular weight excluding hydrogens is 268 g/mol. The molecule has 0 spiro atoms. The Morgan fingerprint density at radius 1 is 1.10 bits per heavy atom. The van der Waals surface area contributed by atoms with Crippen molar-refractivity contribution in [3.63, 3.8) is 0 Å². The molecule has 1 aromatic carbocycles. The van der Waals surface area contributed by atoms with Crippen molar-refractivity contribution in [3.05, 3.63) is 35.4 Å². The maximum Gasteiger partial charge on any atom is 0.126 e. The van der Waals surface area contributed by atoms with Crippen molar-refractivity contribution in [2.75, 3.05) is 7.05 Å². The van der Waals surface area contributed by atoms with Crippen LogP contribution in [-0.4, -0.2) is 7.05 Å². The quantitative estimate of drug-likeness (QED) is 0.758. The zero-order chi connectivity index (χ0) is 15.2. The molecule has 1 nitrogen and oxygen atoms in total. The van der Waals surface area contributed by atoms with E-state index in [4.69, 9.17) is 0 Å². The first-order valence-corrected chi connectivity index (χ1v) is 8.27. The minimum atomic E-state index is -0.484. The van der Waals surface area contributed by atoms with Crippen LogP contribution in [0.15, 0.2) is 18.2 Å². The monoisotopic (exact) mass is 295 g/mol. The maximum atomic E-state index is 13.4. The van der Waals surface area contributed by atoms with E-state index in [0.717, 1.165) is 30.4 Å². The maximum absolute atomic E-state index is 13.4. The van der Waals surface area contributed by atoms with Gasteiger partial charge in [-0.15, -0.1) is 0 Å². The predicted octanol–water partition coefficient (Wildman–Crippen LogP) is 5.22. The summed E-state index contributed by atoms with van der Waals surface area (Å²) in [5.41, 5.74) is 0.743. The normalized spacial score (nSPS) is 24.0. The van der Waals surface area contributed by atoms with Gasteiger partial charge in [0.1, 0.15) is 11.6 Å². The van der Waals surface area contributed by atoms with Crippen LogP contribution in [0.5, 0.6) is 0 Å². The third-order valence-electron chi connectivity index (χ3n) is 4.88. The fourth-order valence-corrected chi connectivity index (χ4v) is 3.73. The lowest BCUT2D eigenvalue weighted by Crippen LogP contribution is -2.29. The summed E-state index contributed by atoms with van der Waals surface area (Å²) in [6.45, 7) is 2.24. The summed E-state index contributed by atoms with van der Waals surface area (Å²) in [5.74, 6) is 0.362. The highest BCUT2D eigenvalue weighted by molar-refractivity contribution is 5.22. The predicted molar refractivity (Wildman–Crippen MR) is 83.1 cm³/mol.